The van der Waals surface area contributed by atoms with E-state index >= 15 is 0 Å². The van der Waals surface area contributed by atoms with Crippen molar-refractivity contribution in [1.82, 2.24) is 4.90 Å². The van der Waals surface area contributed by atoms with Crippen LogP contribution in [0.1, 0.15) is 17.5 Å². The molecule has 0 unspecified atom stereocenters. The molecule has 1 saturated heterocycles. The van der Waals surface area contributed by atoms with Crippen molar-refractivity contribution >= 4 is 28.9 Å². The molecule has 0 aromatic heterocycles. The highest BCUT2D eigenvalue weighted by Crippen LogP contribution is 2.27. The van der Waals surface area contributed by atoms with Gasteiger partial charge in [0.15, 0.2) is 0 Å². The average molecular weight is 372 g/mol. The molecule has 4 nitrogen and oxygen atoms in total. The highest BCUT2D eigenvalue weighted by atomic mass is 35.5. The summed E-state index contributed by atoms with van der Waals surface area (Å²) in [7, 11) is 0. The Labute approximate surface area is 160 Å². The van der Waals surface area contributed by atoms with Crippen molar-refractivity contribution in [3.63, 3.8) is 0 Å². The van der Waals surface area contributed by atoms with Gasteiger partial charge in [0.25, 0.3) is 0 Å². The van der Waals surface area contributed by atoms with Crippen LogP contribution in [-0.2, 0) is 4.79 Å². The van der Waals surface area contributed by atoms with E-state index < -0.39 is 0 Å². The maximum atomic E-state index is 12.3. The molecule has 1 N–H and O–H groups in total. The number of rotatable bonds is 5. The molecule has 0 bridgehead atoms. The van der Waals surface area contributed by atoms with Gasteiger partial charge in [-0.05, 0) is 43.2 Å². The van der Waals surface area contributed by atoms with Gasteiger partial charge in [0, 0.05) is 44.8 Å². The zero-order chi connectivity index (χ0) is 18.5. The molecular formula is C21H26ClN3O. The predicted octanol–water partition coefficient (Wildman–Crippen LogP) is 4.11. The van der Waals surface area contributed by atoms with E-state index in [9.17, 15) is 4.79 Å². The Hall–Kier alpha value is -2.04. The quantitative estimate of drug-likeness (QED) is 0.859. The van der Waals surface area contributed by atoms with E-state index in [1.54, 1.807) is 0 Å². The summed E-state index contributed by atoms with van der Waals surface area (Å²) in [5.41, 5.74) is 4.10. The van der Waals surface area contributed by atoms with Crippen molar-refractivity contribution in [3.05, 3.63) is 58.6 Å². The summed E-state index contributed by atoms with van der Waals surface area (Å²) in [5, 5.41) is 3.58. The van der Waals surface area contributed by atoms with Gasteiger partial charge in [-0.1, -0.05) is 35.9 Å². The zero-order valence-electron chi connectivity index (χ0n) is 15.5. The van der Waals surface area contributed by atoms with Crippen LogP contribution in [0.3, 0.4) is 0 Å². The van der Waals surface area contributed by atoms with E-state index in [4.69, 9.17) is 11.6 Å². The summed E-state index contributed by atoms with van der Waals surface area (Å²) in [4.78, 5) is 17.1. The standard InChI is InChI=1S/C21H26ClN3O/c1-16-14-17(2)21(19(22)15-16)23-20(26)8-9-24-10-12-25(13-11-24)18-6-4-3-5-7-18/h3-7,14-15H,8-13H2,1-2H3,(H,23,26). The smallest absolute Gasteiger partial charge is 0.225 e. The molecule has 3 rings (SSSR count). The minimum atomic E-state index is 0.0179. The molecule has 0 aliphatic carbocycles. The molecule has 1 aliphatic heterocycles. The normalized spacial score (nSPS) is 15.1. The second-order valence-electron chi connectivity index (χ2n) is 6.90. The van der Waals surface area contributed by atoms with Gasteiger partial charge >= 0.3 is 0 Å². The summed E-state index contributed by atoms with van der Waals surface area (Å²) in [5.74, 6) is 0.0179. The lowest BCUT2D eigenvalue weighted by atomic mass is 10.1. The van der Waals surface area contributed by atoms with Gasteiger partial charge in [-0.15, -0.1) is 0 Å². The van der Waals surface area contributed by atoms with E-state index in [-0.39, 0.29) is 5.91 Å². The molecule has 1 heterocycles. The molecule has 0 saturated carbocycles. The van der Waals surface area contributed by atoms with Crippen LogP contribution in [-0.4, -0.2) is 43.5 Å². The van der Waals surface area contributed by atoms with Crippen LogP contribution in [0.2, 0.25) is 5.02 Å². The topological polar surface area (TPSA) is 35.6 Å². The van der Waals surface area contributed by atoms with Crippen LogP contribution in [0.25, 0.3) is 0 Å². The third-order valence-corrected chi connectivity index (χ3v) is 5.14. The highest BCUT2D eigenvalue weighted by Gasteiger charge is 2.18. The van der Waals surface area contributed by atoms with E-state index in [0.29, 0.717) is 11.4 Å². The molecule has 26 heavy (non-hydrogen) atoms. The fourth-order valence-electron chi connectivity index (χ4n) is 3.40. The van der Waals surface area contributed by atoms with E-state index in [1.165, 1.54) is 5.69 Å². The average Bonchev–Trinajstić information content (AvgIpc) is 2.64. The fourth-order valence-corrected chi connectivity index (χ4v) is 3.77. The molecule has 0 atom stereocenters. The minimum Gasteiger partial charge on any atom is -0.369 e. The molecule has 1 amide bonds. The summed E-state index contributed by atoms with van der Waals surface area (Å²) in [6, 6.07) is 14.4. The van der Waals surface area contributed by atoms with Crippen LogP contribution in [0.5, 0.6) is 0 Å². The van der Waals surface area contributed by atoms with Gasteiger partial charge in [-0.3, -0.25) is 9.69 Å². The number of hydrogen-bond donors (Lipinski definition) is 1. The van der Waals surface area contributed by atoms with Gasteiger partial charge in [0.1, 0.15) is 0 Å². The number of aryl methyl sites for hydroxylation is 2. The first kappa shape index (κ1) is 18.7. The number of carbonyl (C=O) groups is 1. The maximum Gasteiger partial charge on any atom is 0.225 e. The molecule has 1 aliphatic rings. The van der Waals surface area contributed by atoms with E-state index in [0.717, 1.165) is 49.5 Å². The first-order chi connectivity index (χ1) is 12.5. The summed E-state index contributed by atoms with van der Waals surface area (Å²) in [6.45, 7) is 8.69. The van der Waals surface area contributed by atoms with Crippen LogP contribution in [0.4, 0.5) is 11.4 Å². The Balaban J connectivity index is 1.46. The monoisotopic (exact) mass is 371 g/mol. The Morgan fingerprint density at radius 3 is 2.42 bits per heavy atom. The lowest BCUT2D eigenvalue weighted by Gasteiger charge is -2.36. The Morgan fingerprint density at radius 1 is 1.08 bits per heavy atom. The Bertz CT molecular complexity index is 732. The molecule has 1 fully saturated rings. The van der Waals surface area contributed by atoms with Crippen molar-refractivity contribution in [2.45, 2.75) is 20.3 Å². The van der Waals surface area contributed by atoms with Gasteiger partial charge in [0.05, 0.1) is 10.7 Å². The number of nitrogens with zero attached hydrogens (tertiary/aromatic N) is 2. The van der Waals surface area contributed by atoms with Crippen LogP contribution in [0, 0.1) is 13.8 Å². The summed E-state index contributed by atoms with van der Waals surface area (Å²) in [6.07, 6.45) is 0.481. The number of hydrogen-bond acceptors (Lipinski definition) is 3. The second-order valence-corrected chi connectivity index (χ2v) is 7.31. The van der Waals surface area contributed by atoms with Crippen molar-refractivity contribution in [1.29, 1.82) is 0 Å². The lowest BCUT2D eigenvalue weighted by molar-refractivity contribution is -0.116. The molecule has 138 valence electrons. The highest BCUT2D eigenvalue weighted by molar-refractivity contribution is 6.34. The SMILES string of the molecule is Cc1cc(C)c(NC(=O)CCN2CCN(c3ccccc3)CC2)c(Cl)c1. The summed E-state index contributed by atoms with van der Waals surface area (Å²) < 4.78 is 0. The van der Waals surface area contributed by atoms with Gasteiger partial charge < -0.3 is 10.2 Å². The number of piperazine rings is 1. The van der Waals surface area contributed by atoms with Crippen molar-refractivity contribution in [3.8, 4) is 0 Å². The number of amides is 1. The first-order valence-electron chi connectivity index (χ1n) is 9.12. The molecule has 2 aromatic carbocycles. The molecule has 0 radical (unpaired) electrons. The molecule has 0 spiro atoms. The minimum absolute atomic E-state index is 0.0179. The number of carbonyl (C=O) groups excluding carboxylic acids is 1. The van der Waals surface area contributed by atoms with Crippen molar-refractivity contribution in [2.24, 2.45) is 0 Å². The van der Waals surface area contributed by atoms with Gasteiger partial charge in [0.2, 0.25) is 5.91 Å². The number of anilines is 2. The van der Waals surface area contributed by atoms with Crippen LogP contribution >= 0.6 is 11.6 Å². The lowest BCUT2D eigenvalue weighted by Crippen LogP contribution is -2.47. The van der Waals surface area contributed by atoms with Crippen LogP contribution in [0.15, 0.2) is 42.5 Å². The molecule has 2 aromatic rings. The predicted molar refractivity (Wildman–Crippen MR) is 109 cm³/mol. The van der Waals surface area contributed by atoms with E-state index in [2.05, 4.69) is 39.4 Å². The summed E-state index contributed by atoms with van der Waals surface area (Å²) >= 11 is 6.27. The van der Waals surface area contributed by atoms with Gasteiger partial charge in [-0.2, -0.15) is 0 Å². The second kappa shape index (κ2) is 8.56. The maximum absolute atomic E-state index is 12.3. The number of para-hydroxylation sites is 1. The van der Waals surface area contributed by atoms with Crippen molar-refractivity contribution < 1.29 is 4.79 Å². The number of halogens is 1. The van der Waals surface area contributed by atoms with Gasteiger partial charge in [-0.25, -0.2) is 0 Å². The van der Waals surface area contributed by atoms with E-state index in [1.807, 2.05) is 32.0 Å². The number of benzene rings is 2. The Kier molecular flexibility index (Phi) is 6.17. The third-order valence-electron chi connectivity index (χ3n) is 4.84. The van der Waals surface area contributed by atoms with Crippen molar-refractivity contribution in [2.75, 3.05) is 42.9 Å². The van der Waals surface area contributed by atoms with Crippen LogP contribution < -0.4 is 10.2 Å². The molecule has 5 heteroatoms. The third kappa shape index (κ3) is 4.77. The zero-order valence-corrected chi connectivity index (χ0v) is 16.2. The molecular weight excluding hydrogens is 346 g/mol. The first-order valence-corrected chi connectivity index (χ1v) is 9.49. The Morgan fingerprint density at radius 2 is 1.77 bits per heavy atom. The largest absolute Gasteiger partial charge is 0.369 e. The number of nitrogens with one attached hydrogen (secondary N) is 1. The fraction of sp³-hybridized carbons (Fsp3) is 0.381.